The van der Waals surface area contributed by atoms with E-state index >= 15 is 0 Å². The lowest BCUT2D eigenvalue weighted by molar-refractivity contribution is -0.116. The van der Waals surface area contributed by atoms with E-state index in [9.17, 15) is 4.79 Å². The van der Waals surface area contributed by atoms with Crippen molar-refractivity contribution in [3.05, 3.63) is 29.8 Å². The predicted molar refractivity (Wildman–Crippen MR) is 78.2 cm³/mol. The molecule has 4 heteroatoms. The Kier molecular flexibility index (Phi) is 7.15. The first-order valence-electron chi connectivity index (χ1n) is 6.88. The normalized spacial score (nSPS) is 12.2. The summed E-state index contributed by atoms with van der Waals surface area (Å²) < 4.78 is 0. The summed E-state index contributed by atoms with van der Waals surface area (Å²) in [4.78, 5) is 11.8. The van der Waals surface area contributed by atoms with E-state index in [1.807, 2.05) is 38.1 Å². The molecule has 19 heavy (non-hydrogen) atoms. The molecule has 0 aliphatic rings. The summed E-state index contributed by atoms with van der Waals surface area (Å²) in [6.07, 6.45) is 2.04. The fraction of sp³-hybridized carbons (Fsp3) is 0.533. The average molecular weight is 264 g/mol. The molecule has 0 heterocycles. The number of carbonyl (C=O) groups excluding carboxylic acids is 1. The molecule has 1 amide bonds. The van der Waals surface area contributed by atoms with E-state index in [1.54, 1.807) is 0 Å². The highest BCUT2D eigenvalue weighted by Gasteiger charge is 2.08. The first-order valence-corrected chi connectivity index (χ1v) is 6.88. The molecular formula is C15H24N2O2. The van der Waals surface area contributed by atoms with E-state index in [1.165, 1.54) is 0 Å². The monoisotopic (exact) mass is 264 g/mol. The van der Waals surface area contributed by atoms with Gasteiger partial charge in [0.1, 0.15) is 0 Å². The molecule has 1 aromatic rings. The van der Waals surface area contributed by atoms with Crippen LogP contribution in [0.3, 0.4) is 0 Å². The zero-order valence-corrected chi connectivity index (χ0v) is 11.8. The van der Waals surface area contributed by atoms with Crippen LogP contribution in [0.2, 0.25) is 0 Å². The Bertz CT molecular complexity index is 393. The minimum Gasteiger partial charge on any atom is -0.396 e. The molecule has 0 aliphatic carbocycles. The van der Waals surface area contributed by atoms with Gasteiger partial charge in [0.05, 0.1) is 0 Å². The molecule has 0 aliphatic heterocycles. The number of anilines is 1. The number of amides is 1. The average Bonchev–Trinajstić information content (AvgIpc) is 2.36. The highest BCUT2D eigenvalue weighted by Crippen LogP contribution is 2.12. The lowest BCUT2D eigenvalue weighted by atomic mass is 10.1. The van der Waals surface area contributed by atoms with Gasteiger partial charge in [0.15, 0.2) is 0 Å². The molecule has 1 aromatic carbocycles. The topological polar surface area (TPSA) is 61.4 Å². The zero-order valence-electron chi connectivity index (χ0n) is 11.8. The lowest BCUT2D eigenvalue weighted by Gasteiger charge is -2.12. The number of hydrogen-bond donors (Lipinski definition) is 3. The van der Waals surface area contributed by atoms with Gasteiger partial charge in [-0.3, -0.25) is 4.79 Å². The second kappa shape index (κ2) is 8.67. The SMILES string of the molecule is CCNC(C)CC(=O)Nc1cccc(CCCO)c1. The number of hydrogen-bond acceptors (Lipinski definition) is 3. The van der Waals surface area contributed by atoms with Crippen LogP contribution in [0.1, 0.15) is 32.3 Å². The lowest BCUT2D eigenvalue weighted by Crippen LogP contribution is -2.30. The molecule has 0 radical (unpaired) electrons. The maximum Gasteiger partial charge on any atom is 0.225 e. The second-order valence-corrected chi connectivity index (χ2v) is 4.74. The number of nitrogens with one attached hydrogen (secondary N) is 2. The molecule has 4 nitrogen and oxygen atoms in total. The summed E-state index contributed by atoms with van der Waals surface area (Å²) in [5, 5.41) is 14.9. The van der Waals surface area contributed by atoms with E-state index in [-0.39, 0.29) is 18.6 Å². The van der Waals surface area contributed by atoms with Crippen LogP contribution in [0.25, 0.3) is 0 Å². The largest absolute Gasteiger partial charge is 0.396 e. The molecular weight excluding hydrogens is 240 g/mol. The standard InChI is InChI=1S/C15H24N2O2/c1-3-16-12(2)10-15(19)17-14-8-4-6-13(11-14)7-5-9-18/h4,6,8,11-12,16,18H,3,5,7,9-10H2,1-2H3,(H,17,19). The minimum atomic E-state index is 0.0211. The smallest absolute Gasteiger partial charge is 0.225 e. The van der Waals surface area contributed by atoms with Crippen LogP contribution in [0, 0.1) is 0 Å². The molecule has 0 fully saturated rings. The Morgan fingerprint density at radius 2 is 2.21 bits per heavy atom. The van der Waals surface area contributed by atoms with Crippen LogP contribution in [-0.2, 0) is 11.2 Å². The molecule has 106 valence electrons. The van der Waals surface area contributed by atoms with Crippen molar-refractivity contribution >= 4 is 11.6 Å². The maximum absolute atomic E-state index is 11.8. The summed E-state index contributed by atoms with van der Waals surface area (Å²) >= 11 is 0. The van der Waals surface area contributed by atoms with Gasteiger partial charge in [0.25, 0.3) is 0 Å². The van der Waals surface area contributed by atoms with E-state index in [2.05, 4.69) is 10.6 Å². The molecule has 0 bridgehead atoms. The predicted octanol–water partition coefficient (Wildman–Crippen LogP) is 1.94. The van der Waals surface area contributed by atoms with Crippen molar-refractivity contribution in [3.8, 4) is 0 Å². The Morgan fingerprint density at radius 3 is 2.89 bits per heavy atom. The number of aryl methyl sites for hydroxylation is 1. The van der Waals surface area contributed by atoms with Gasteiger partial charge >= 0.3 is 0 Å². The van der Waals surface area contributed by atoms with Gasteiger partial charge in [-0.2, -0.15) is 0 Å². The fourth-order valence-corrected chi connectivity index (χ4v) is 2.00. The summed E-state index contributed by atoms with van der Waals surface area (Å²) in [6.45, 7) is 5.08. The van der Waals surface area contributed by atoms with Crippen molar-refractivity contribution in [2.45, 2.75) is 39.2 Å². The highest BCUT2D eigenvalue weighted by atomic mass is 16.2. The van der Waals surface area contributed by atoms with Crippen molar-refractivity contribution in [2.24, 2.45) is 0 Å². The zero-order chi connectivity index (χ0) is 14.1. The van der Waals surface area contributed by atoms with Crippen molar-refractivity contribution in [1.29, 1.82) is 0 Å². The van der Waals surface area contributed by atoms with Crippen LogP contribution >= 0.6 is 0 Å². The summed E-state index contributed by atoms with van der Waals surface area (Å²) in [5.74, 6) is 0.0211. The van der Waals surface area contributed by atoms with Gasteiger partial charge in [0.2, 0.25) is 5.91 Å². The van der Waals surface area contributed by atoms with Crippen LogP contribution in [0.15, 0.2) is 24.3 Å². The number of rotatable bonds is 8. The molecule has 0 saturated carbocycles. The fourth-order valence-electron chi connectivity index (χ4n) is 2.00. The summed E-state index contributed by atoms with van der Waals surface area (Å²) in [6, 6.07) is 7.97. The molecule has 1 atom stereocenters. The van der Waals surface area contributed by atoms with Crippen molar-refractivity contribution in [1.82, 2.24) is 5.32 Å². The Morgan fingerprint density at radius 1 is 1.42 bits per heavy atom. The van der Waals surface area contributed by atoms with Crippen LogP contribution in [-0.4, -0.2) is 30.2 Å². The quantitative estimate of drug-likeness (QED) is 0.672. The van der Waals surface area contributed by atoms with Crippen LogP contribution in [0.4, 0.5) is 5.69 Å². The molecule has 0 saturated heterocycles. The van der Waals surface area contributed by atoms with Gasteiger partial charge in [-0.15, -0.1) is 0 Å². The summed E-state index contributed by atoms with van der Waals surface area (Å²) in [5.41, 5.74) is 1.95. The second-order valence-electron chi connectivity index (χ2n) is 4.74. The number of benzene rings is 1. The van der Waals surface area contributed by atoms with Crippen LogP contribution < -0.4 is 10.6 Å². The first kappa shape index (κ1) is 15.7. The molecule has 1 rings (SSSR count). The first-order chi connectivity index (χ1) is 9.15. The van der Waals surface area contributed by atoms with E-state index < -0.39 is 0 Å². The Hall–Kier alpha value is -1.39. The molecule has 0 aromatic heterocycles. The third-order valence-electron chi connectivity index (χ3n) is 2.88. The van der Waals surface area contributed by atoms with Crippen molar-refractivity contribution in [2.75, 3.05) is 18.5 Å². The number of aliphatic hydroxyl groups is 1. The minimum absolute atomic E-state index is 0.0211. The molecule has 3 N–H and O–H groups in total. The maximum atomic E-state index is 11.8. The van der Waals surface area contributed by atoms with Gasteiger partial charge < -0.3 is 15.7 Å². The highest BCUT2D eigenvalue weighted by molar-refractivity contribution is 5.91. The van der Waals surface area contributed by atoms with E-state index in [0.717, 1.165) is 30.6 Å². The van der Waals surface area contributed by atoms with Gasteiger partial charge in [-0.1, -0.05) is 19.1 Å². The third kappa shape index (κ3) is 6.36. The van der Waals surface area contributed by atoms with E-state index in [0.29, 0.717) is 6.42 Å². The van der Waals surface area contributed by atoms with Crippen LogP contribution in [0.5, 0.6) is 0 Å². The number of aliphatic hydroxyl groups excluding tert-OH is 1. The number of carbonyl (C=O) groups is 1. The third-order valence-corrected chi connectivity index (χ3v) is 2.88. The Labute approximate surface area is 115 Å². The van der Waals surface area contributed by atoms with Gasteiger partial charge in [0, 0.05) is 24.8 Å². The van der Waals surface area contributed by atoms with Gasteiger partial charge in [-0.25, -0.2) is 0 Å². The van der Waals surface area contributed by atoms with Gasteiger partial charge in [-0.05, 0) is 44.0 Å². The molecule has 0 spiro atoms. The van der Waals surface area contributed by atoms with E-state index in [4.69, 9.17) is 5.11 Å². The summed E-state index contributed by atoms with van der Waals surface area (Å²) in [7, 11) is 0. The van der Waals surface area contributed by atoms with Crippen molar-refractivity contribution in [3.63, 3.8) is 0 Å². The Balaban J connectivity index is 2.49. The molecule has 1 unspecified atom stereocenters. The van der Waals surface area contributed by atoms with Crippen molar-refractivity contribution < 1.29 is 9.90 Å².